The largest absolute Gasteiger partial charge is 0.388 e. The van der Waals surface area contributed by atoms with Crippen LogP contribution in [0.3, 0.4) is 0 Å². The number of benzene rings is 1. The lowest BCUT2D eigenvalue weighted by Gasteiger charge is -2.18. The predicted octanol–water partition coefficient (Wildman–Crippen LogP) is 4.17. The van der Waals surface area contributed by atoms with Crippen molar-refractivity contribution in [2.24, 2.45) is 5.73 Å². The van der Waals surface area contributed by atoms with Crippen molar-refractivity contribution in [1.82, 2.24) is 23.6 Å². The maximum absolute atomic E-state index is 13.2. The normalized spacial score (nSPS) is 10.9. The van der Waals surface area contributed by atoms with Crippen LogP contribution < -0.4 is 20.9 Å². The minimum absolute atomic E-state index is 0.0245. The number of amides is 4. The van der Waals surface area contributed by atoms with Crippen molar-refractivity contribution in [3.63, 3.8) is 0 Å². The van der Waals surface area contributed by atoms with Crippen LogP contribution in [0.2, 0.25) is 0 Å². The standard InChI is InChI=1S/C30H31N11O6/c1-35(11-10-26(31)32)28(43)39-13-8-20(17-39)37(3)30(45)40-14-9-21(18-40)36(2)29(44)38-12-7-19(16-38)33-27(42)24-15-22-23(34-24)5-4-6-25(22)41(46)47/h4-9,12-18,34H,10-11H2,1-3H3,(H3,31,32)(H,33,42). The van der Waals surface area contributed by atoms with Crippen LogP contribution in [-0.2, 0) is 0 Å². The summed E-state index contributed by atoms with van der Waals surface area (Å²) in [5.41, 5.74) is 6.98. The van der Waals surface area contributed by atoms with E-state index in [2.05, 4.69) is 10.3 Å². The van der Waals surface area contributed by atoms with Crippen LogP contribution in [0, 0.1) is 15.5 Å². The molecular weight excluding hydrogens is 610 g/mol. The number of aromatic nitrogens is 4. The Bertz CT molecular complexity index is 2030. The maximum atomic E-state index is 13.2. The van der Waals surface area contributed by atoms with Gasteiger partial charge in [-0.05, 0) is 30.3 Å². The number of aromatic amines is 1. The van der Waals surface area contributed by atoms with Gasteiger partial charge in [-0.25, -0.2) is 14.4 Å². The van der Waals surface area contributed by atoms with Gasteiger partial charge in [0.1, 0.15) is 5.69 Å². The van der Waals surface area contributed by atoms with Crippen molar-refractivity contribution in [2.75, 3.05) is 42.8 Å². The minimum atomic E-state index is -0.548. The number of nitrogens with one attached hydrogen (secondary N) is 3. The van der Waals surface area contributed by atoms with Crippen molar-refractivity contribution < 1.29 is 24.1 Å². The molecular formula is C30H31N11O6. The molecule has 1 aromatic carbocycles. The van der Waals surface area contributed by atoms with Gasteiger partial charge in [0.2, 0.25) is 0 Å². The first-order chi connectivity index (χ1) is 22.3. The van der Waals surface area contributed by atoms with Gasteiger partial charge in [0.05, 0.1) is 38.7 Å². The first kappa shape index (κ1) is 31.8. The van der Waals surface area contributed by atoms with Crippen LogP contribution in [0.4, 0.5) is 37.1 Å². The van der Waals surface area contributed by atoms with Gasteiger partial charge in [0.15, 0.2) is 0 Å². The Morgan fingerprint density at radius 2 is 1.47 bits per heavy atom. The number of H-pyrrole nitrogens is 1. The first-order valence-electron chi connectivity index (χ1n) is 14.1. The quantitative estimate of drug-likeness (QED) is 0.0839. The SMILES string of the molecule is CN(CCC(=N)N)C(=O)n1ccc(N(C)C(=O)n2ccc(N(C)C(=O)n3ccc(NC(=O)c4cc5c([N+](=O)[O-])cccc5[nH]4)c3)c2)c1. The molecule has 0 unspecified atom stereocenters. The number of nitrogens with zero attached hydrogens (tertiary/aromatic N) is 7. The lowest BCUT2D eigenvalue weighted by molar-refractivity contribution is -0.383. The molecule has 0 fully saturated rings. The zero-order valence-corrected chi connectivity index (χ0v) is 25.6. The molecule has 0 spiro atoms. The topological polar surface area (TPSA) is 214 Å². The van der Waals surface area contributed by atoms with Gasteiger partial charge in [0.25, 0.3) is 11.6 Å². The lowest BCUT2D eigenvalue weighted by atomic mass is 10.2. The third-order valence-electron chi connectivity index (χ3n) is 7.44. The molecule has 4 amide bonds. The van der Waals surface area contributed by atoms with E-state index in [9.17, 15) is 29.3 Å². The van der Waals surface area contributed by atoms with Crippen molar-refractivity contribution in [3.05, 3.63) is 95.5 Å². The summed E-state index contributed by atoms with van der Waals surface area (Å²) in [6.07, 6.45) is 9.14. The second kappa shape index (κ2) is 12.8. The Hall–Kier alpha value is -6.65. The van der Waals surface area contributed by atoms with Gasteiger partial charge in [-0.2, -0.15) is 0 Å². The van der Waals surface area contributed by atoms with E-state index in [1.807, 2.05) is 0 Å². The number of carbonyl (C=O) groups excluding carboxylic acids is 4. The minimum Gasteiger partial charge on any atom is -0.388 e. The second-order valence-corrected chi connectivity index (χ2v) is 10.7. The fraction of sp³-hybridized carbons (Fsp3) is 0.167. The molecule has 5 N–H and O–H groups in total. The molecule has 0 radical (unpaired) electrons. The average Bonchev–Trinajstić information content (AvgIpc) is 3.87. The van der Waals surface area contributed by atoms with E-state index in [0.717, 1.165) is 0 Å². The summed E-state index contributed by atoms with van der Waals surface area (Å²) in [7, 11) is 4.67. The molecule has 0 saturated heterocycles. The highest BCUT2D eigenvalue weighted by Gasteiger charge is 2.21. The summed E-state index contributed by atoms with van der Waals surface area (Å²) in [4.78, 5) is 69.7. The summed E-state index contributed by atoms with van der Waals surface area (Å²) >= 11 is 0. The molecule has 4 aromatic heterocycles. The van der Waals surface area contributed by atoms with Crippen LogP contribution in [0.25, 0.3) is 10.9 Å². The number of nitrogens with two attached hydrogens (primary N) is 1. The summed E-state index contributed by atoms with van der Waals surface area (Å²) in [6.45, 7) is 0.271. The summed E-state index contributed by atoms with van der Waals surface area (Å²) in [5, 5.41) is 21.6. The molecule has 0 saturated carbocycles. The van der Waals surface area contributed by atoms with Crippen LogP contribution in [0.1, 0.15) is 16.9 Å². The number of nitro benzene ring substituents is 1. The Kier molecular flexibility index (Phi) is 8.62. The van der Waals surface area contributed by atoms with Gasteiger partial charge < -0.3 is 20.9 Å². The Morgan fingerprint density at radius 3 is 2.06 bits per heavy atom. The van der Waals surface area contributed by atoms with Gasteiger partial charge >= 0.3 is 18.1 Å². The molecule has 47 heavy (non-hydrogen) atoms. The van der Waals surface area contributed by atoms with E-state index in [4.69, 9.17) is 11.1 Å². The lowest BCUT2D eigenvalue weighted by Crippen LogP contribution is -2.33. The highest BCUT2D eigenvalue weighted by Crippen LogP contribution is 2.26. The Labute approximate surface area is 267 Å². The number of hydrogen-bond acceptors (Lipinski definition) is 7. The number of non-ortho nitro benzene ring substituents is 1. The molecule has 17 nitrogen and oxygen atoms in total. The Balaban J connectivity index is 1.22. The van der Waals surface area contributed by atoms with Gasteiger partial charge in [-0.3, -0.25) is 43.8 Å². The van der Waals surface area contributed by atoms with Gasteiger partial charge in [-0.15, -0.1) is 0 Å². The summed E-state index contributed by atoms with van der Waals surface area (Å²) in [5.74, 6) is -0.572. The number of anilines is 3. The van der Waals surface area contributed by atoms with E-state index in [-0.39, 0.29) is 36.2 Å². The van der Waals surface area contributed by atoms with Crippen LogP contribution in [0.5, 0.6) is 0 Å². The summed E-state index contributed by atoms with van der Waals surface area (Å²) < 4.78 is 3.88. The van der Waals surface area contributed by atoms with Crippen molar-refractivity contribution in [2.45, 2.75) is 6.42 Å². The third kappa shape index (κ3) is 6.58. The average molecular weight is 642 g/mol. The highest BCUT2D eigenvalue weighted by molar-refractivity contribution is 6.07. The monoisotopic (exact) mass is 641 g/mol. The number of nitro groups is 1. The number of rotatable bonds is 8. The maximum Gasteiger partial charge on any atom is 0.332 e. The Morgan fingerprint density at radius 1 is 0.894 bits per heavy atom. The van der Waals surface area contributed by atoms with Crippen LogP contribution in [0.15, 0.2) is 79.6 Å². The van der Waals surface area contributed by atoms with E-state index >= 15 is 0 Å². The number of carbonyl (C=O) groups is 4. The number of fused-ring (bicyclic) bond motifs is 1. The fourth-order valence-corrected chi connectivity index (χ4v) is 4.76. The zero-order valence-electron chi connectivity index (χ0n) is 25.6. The second-order valence-electron chi connectivity index (χ2n) is 10.7. The molecule has 5 rings (SSSR count). The number of amidine groups is 1. The van der Waals surface area contributed by atoms with Crippen LogP contribution >= 0.6 is 0 Å². The molecule has 5 aromatic rings. The van der Waals surface area contributed by atoms with E-state index < -0.39 is 22.9 Å². The van der Waals surface area contributed by atoms with Gasteiger partial charge in [-0.1, -0.05) is 6.07 Å². The van der Waals surface area contributed by atoms with Crippen molar-refractivity contribution in [3.8, 4) is 0 Å². The molecule has 242 valence electrons. The molecule has 4 heterocycles. The van der Waals surface area contributed by atoms with E-state index in [1.54, 1.807) is 32.3 Å². The fourth-order valence-electron chi connectivity index (χ4n) is 4.76. The van der Waals surface area contributed by atoms with Crippen LogP contribution in [-0.4, -0.2) is 86.0 Å². The zero-order chi connectivity index (χ0) is 34.0. The summed E-state index contributed by atoms with van der Waals surface area (Å²) in [6, 6.07) is 9.35. The van der Waals surface area contributed by atoms with Gasteiger partial charge in [0, 0.05) is 77.4 Å². The molecule has 0 atom stereocenters. The smallest absolute Gasteiger partial charge is 0.332 e. The third-order valence-corrected chi connectivity index (χ3v) is 7.44. The highest BCUT2D eigenvalue weighted by atomic mass is 16.6. The first-order valence-corrected chi connectivity index (χ1v) is 14.1. The van der Waals surface area contributed by atoms with E-state index in [0.29, 0.717) is 28.0 Å². The number of hydrogen-bond donors (Lipinski definition) is 4. The predicted molar refractivity (Wildman–Crippen MR) is 175 cm³/mol. The van der Waals surface area contributed by atoms with Crippen molar-refractivity contribution in [1.29, 1.82) is 5.41 Å². The molecule has 17 heteroatoms. The molecule has 0 aliphatic rings. The van der Waals surface area contributed by atoms with E-state index in [1.165, 1.54) is 96.9 Å². The molecule has 0 aliphatic heterocycles. The van der Waals surface area contributed by atoms with Crippen molar-refractivity contribution >= 4 is 63.5 Å². The molecule has 0 bridgehead atoms. The molecule has 0 aliphatic carbocycles.